The second kappa shape index (κ2) is 5.21. The molecular formula is C16H10BrFO2. The molecule has 0 fully saturated rings. The standard InChI is InChI=1S/C16H10BrFO2/c17-12-3-1-2-10(6-12)7-14(19)16-9-11-8-13(18)4-5-15(11)20-16/h1-6,8-9H,7H2. The van der Waals surface area contributed by atoms with Gasteiger partial charge in [-0.15, -0.1) is 0 Å². The normalized spacial score (nSPS) is 10.9. The Morgan fingerprint density at radius 3 is 2.80 bits per heavy atom. The summed E-state index contributed by atoms with van der Waals surface area (Å²) in [7, 11) is 0. The van der Waals surface area contributed by atoms with Crippen molar-refractivity contribution in [3.05, 3.63) is 70.1 Å². The molecule has 0 atom stereocenters. The van der Waals surface area contributed by atoms with E-state index in [1.54, 1.807) is 6.07 Å². The second-order valence-corrected chi connectivity index (χ2v) is 5.44. The molecule has 0 saturated carbocycles. The molecule has 0 spiro atoms. The summed E-state index contributed by atoms with van der Waals surface area (Å²) in [5.41, 5.74) is 1.42. The molecule has 0 aliphatic rings. The van der Waals surface area contributed by atoms with Crippen LogP contribution in [0.3, 0.4) is 0 Å². The minimum Gasteiger partial charge on any atom is -0.453 e. The van der Waals surface area contributed by atoms with Gasteiger partial charge in [-0.1, -0.05) is 28.1 Å². The fourth-order valence-corrected chi connectivity index (χ4v) is 2.52. The first-order valence-electron chi connectivity index (χ1n) is 6.08. The third-order valence-electron chi connectivity index (χ3n) is 3.01. The molecule has 2 nitrogen and oxygen atoms in total. The van der Waals surface area contributed by atoms with Crippen molar-refractivity contribution >= 4 is 32.7 Å². The van der Waals surface area contributed by atoms with Crippen LogP contribution in [0.15, 0.2) is 57.4 Å². The first-order valence-corrected chi connectivity index (χ1v) is 6.88. The molecule has 1 aromatic heterocycles. The van der Waals surface area contributed by atoms with Gasteiger partial charge >= 0.3 is 0 Å². The molecule has 4 heteroatoms. The Balaban J connectivity index is 1.88. The smallest absolute Gasteiger partial charge is 0.202 e. The van der Waals surface area contributed by atoms with Crippen LogP contribution in [0.5, 0.6) is 0 Å². The van der Waals surface area contributed by atoms with Crippen LogP contribution in [0.1, 0.15) is 16.1 Å². The molecule has 0 bridgehead atoms. The van der Waals surface area contributed by atoms with Crippen LogP contribution >= 0.6 is 15.9 Å². The van der Waals surface area contributed by atoms with Gasteiger partial charge in [-0.2, -0.15) is 0 Å². The molecule has 0 unspecified atom stereocenters. The average Bonchev–Trinajstić information content (AvgIpc) is 2.81. The number of furan rings is 1. The van der Waals surface area contributed by atoms with E-state index in [-0.39, 0.29) is 23.8 Å². The van der Waals surface area contributed by atoms with E-state index in [9.17, 15) is 9.18 Å². The lowest BCUT2D eigenvalue weighted by Gasteiger charge is -1.99. The Morgan fingerprint density at radius 1 is 1.15 bits per heavy atom. The number of hydrogen-bond acceptors (Lipinski definition) is 2. The van der Waals surface area contributed by atoms with Crippen LogP contribution < -0.4 is 0 Å². The zero-order valence-corrected chi connectivity index (χ0v) is 12.0. The fourth-order valence-electron chi connectivity index (χ4n) is 2.07. The molecule has 1 heterocycles. The topological polar surface area (TPSA) is 30.2 Å². The van der Waals surface area contributed by atoms with E-state index in [0.29, 0.717) is 11.0 Å². The van der Waals surface area contributed by atoms with Gasteiger partial charge in [0.15, 0.2) is 5.76 Å². The first kappa shape index (κ1) is 13.1. The molecule has 0 radical (unpaired) electrons. The van der Waals surface area contributed by atoms with Gasteiger partial charge in [-0.05, 0) is 42.0 Å². The number of ketones is 1. The van der Waals surface area contributed by atoms with Crippen molar-refractivity contribution in [2.24, 2.45) is 0 Å². The van der Waals surface area contributed by atoms with Crippen LogP contribution in [0, 0.1) is 5.82 Å². The molecule has 100 valence electrons. The monoisotopic (exact) mass is 332 g/mol. The highest BCUT2D eigenvalue weighted by Gasteiger charge is 2.13. The lowest BCUT2D eigenvalue weighted by Crippen LogP contribution is -2.01. The van der Waals surface area contributed by atoms with Gasteiger partial charge in [0.2, 0.25) is 5.78 Å². The van der Waals surface area contributed by atoms with E-state index >= 15 is 0 Å². The largest absolute Gasteiger partial charge is 0.453 e. The van der Waals surface area contributed by atoms with Crippen LogP contribution in [0.25, 0.3) is 11.0 Å². The van der Waals surface area contributed by atoms with E-state index < -0.39 is 0 Å². The summed E-state index contributed by atoms with van der Waals surface area (Å²) >= 11 is 3.37. The van der Waals surface area contributed by atoms with Crippen molar-refractivity contribution in [3.63, 3.8) is 0 Å². The summed E-state index contributed by atoms with van der Waals surface area (Å²) < 4.78 is 19.5. The number of hydrogen-bond donors (Lipinski definition) is 0. The summed E-state index contributed by atoms with van der Waals surface area (Å²) in [6, 6.07) is 13.3. The zero-order chi connectivity index (χ0) is 14.1. The number of benzene rings is 2. The molecule has 0 N–H and O–H groups in total. The highest BCUT2D eigenvalue weighted by molar-refractivity contribution is 9.10. The highest BCUT2D eigenvalue weighted by atomic mass is 79.9. The van der Waals surface area contributed by atoms with Crippen LogP contribution in [-0.2, 0) is 6.42 Å². The Kier molecular flexibility index (Phi) is 3.40. The highest BCUT2D eigenvalue weighted by Crippen LogP contribution is 2.22. The second-order valence-electron chi connectivity index (χ2n) is 4.52. The van der Waals surface area contributed by atoms with E-state index in [0.717, 1.165) is 10.0 Å². The maximum absolute atomic E-state index is 13.1. The molecule has 0 saturated heterocycles. The van der Waals surface area contributed by atoms with Gasteiger partial charge in [-0.25, -0.2) is 4.39 Å². The minimum atomic E-state index is -0.343. The first-order chi connectivity index (χ1) is 9.61. The number of carbonyl (C=O) groups is 1. The molecule has 0 aliphatic heterocycles. The molecule has 3 rings (SSSR count). The van der Waals surface area contributed by atoms with Gasteiger partial charge in [0.1, 0.15) is 11.4 Å². The average molecular weight is 333 g/mol. The SMILES string of the molecule is O=C(Cc1cccc(Br)c1)c1cc2cc(F)ccc2o1. The summed E-state index contributed by atoms with van der Waals surface area (Å²) in [5, 5.41) is 0.600. The van der Waals surface area contributed by atoms with Gasteiger partial charge in [0, 0.05) is 16.3 Å². The molecule has 20 heavy (non-hydrogen) atoms. The zero-order valence-electron chi connectivity index (χ0n) is 10.4. The van der Waals surface area contributed by atoms with Crippen molar-refractivity contribution in [2.45, 2.75) is 6.42 Å². The van der Waals surface area contributed by atoms with Crippen LogP contribution in [0.2, 0.25) is 0 Å². The van der Waals surface area contributed by atoms with Crippen molar-refractivity contribution in [2.75, 3.05) is 0 Å². The summed E-state index contributed by atoms with van der Waals surface area (Å²) in [5.74, 6) is -0.213. The fraction of sp³-hybridized carbons (Fsp3) is 0.0625. The maximum Gasteiger partial charge on any atom is 0.202 e. The predicted octanol–water partition coefficient (Wildman–Crippen LogP) is 4.76. The Bertz CT molecular complexity index is 792. The van der Waals surface area contributed by atoms with Gasteiger partial charge < -0.3 is 4.42 Å². The summed E-state index contributed by atoms with van der Waals surface area (Å²) in [6.07, 6.45) is 0.252. The van der Waals surface area contributed by atoms with Crippen molar-refractivity contribution in [1.29, 1.82) is 0 Å². The Morgan fingerprint density at radius 2 is 2.00 bits per heavy atom. The Hall–Kier alpha value is -1.94. The maximum atomic E-state index is 13.1. The molecule has 3 aromatic rings. The summed E-state index contributed by atoms with van der Waals surface area (Å²) in [6.45, 7) is 0. The van der Waals surface area contributed by atoms with E-state index in [1.807, 2.05) is 24.3 Å². The number of rotatable bonds is 3. The van der Waals surface area contributed by atoms with Gasteiger partial charge in [0.05, 0.1) is 0 Å². The van der Waals surface area contributed by atoms with Crippen LogP contribution in [-0.4, -0.2) is 5.78 Å². The Labute approximate surface area is 123 Å². The lowest BCUT2D eigenvalue weighted by atomic mass is 10.1. The van der Waals surface area contributed by atoms with Crippen molar-refractivity contribution < 1.29 is 13.6 Å². The van der Waals surface area contributed by atoms with Gasteiger partial charge in [0.25, 0.3) is 0 Å². The number of Topliss-reactive ketones (excluding diaryl/α,β-unsaturated/α-hetero) is 1. The number of carbonyl (C=O) groups excluding carboxylic acids is 1. The number of halogens is 2. The predicted molar refractivity (Wildman–Crippen MR) is 78.3 cm³/mol. The molecular weight excluding hydrogens is 323 g/mol. The molecule has 0 aliphatic carbocycles. The van der Waals surface area contributed by atoms with E-state index in [1.165, 1.54) is 18.2 Å². The number of fused-ring (bicyclic) bond motifs is 1. The van der Waals surface area contributed by atoms with Crippen molar-refractivity contribution in [3.8, 4) is 0 Å². The lowest BCUT2D eigenvalue weighted by molar-refractivity contribution is 0.0968. The van der Waals surface area contributed by atoms with Crippen molar-refractivity contribution in [1.82, 2.24) is 0 Å². The van der Waals surface area contributed by atoms with E-state index in [4.69, 9.17) is 4.42 Å². The summed E-state index contributed by atoms with van der Waals surface area (Å²) in [4.78, 5) is 12.2. The van der Waals surface area contributed by atoms with E-state index in [2.05, 4.69) is 15.9 Å². The quantitative estimate of drug-likeness (QED) is 0.647. The van der Waals surface area contributed by atoms with Gasteiger partial charge in [-0.3, -0.25) is 4.79 Å². The third kappa shape index (κ3) is 2.65. The molecule has 0 amide bonds. The molecule has 2 aromatic carbocycles. The van der Waals surface area contributed by atoms with Crippen LogP contribution in [0.4, 0.5) is 4.39 Å². The minimum absolute atomic E-state index is 0.125. The third-order valence-corrected chi connectivity index (χ3v) is 3.50.